The van der Waals surface area contributed by atoms with Gasteiger partial charge in [-0.05, 0) is 70.8 Å². The van der Waals surface area contributed by atoms with E-state index < -0.39 is 0 Å². The fourth-order valence-corrected chi connectivity index (χ4v) is 3.45. The Morgan fingerprint density at radius 1 is 1.24 bits per heavy atom. The third-order valence-electron chi connectivity index (χ3n) is 4.71. The first-order valence-corrected chi connectivity index (χ1v) is 8.45. The number of hydrogen-bond donors (Lipinski definition) is 1. The Balaban J connectivity index is 2.25. The first-order chi connectivity index (χ1) is 10.1. The van der Waals surface area contributed by atoms with E-state index in [1.54, 1.807) is 0 Å². The molecule has 1 N–H and O–H groups in total. The molecule has 0 radical (unpaired) electrons. The fraction of sp³-hybridized carbons (Fsp3) is 0.722. The molecule has 0 aromatic carbocycles. The van der Waals surface area contributed by atoms with Crippen molar-refractivity contribution in [2.75, 3.05) is 19.6 Å². The van der Waals surface area contributed by atoms with Crippen molar-refractivity contribution in [2.45, 2.75) is 65.0 Å². The van der Waals surface area contributed by atoms with Crippen LogP contribution in [-0.2, 0) is 0 Å². The van der Waals surface area contributed by atoms with Crippen molar-refractivity contribution in [1.82, 2.24) is 15.2 Å². The Kier molecular flexibility index (Phi) is 5.77. The average molecular weight is 289 g/mol. The lowest BCUT2D eigenvalue weighted by molar-refractivity contribution is 0.0606. The Morgan fingerprint density at radius 3 is 2.57 bits per heavy atom. The molecule has 1 atom stereocenters. The molecule has 0 saturated carbocycles. The Bertz CT molecular complexity index is 436. The molecular formula is C18H31N3. The second kappa shape index (κ2) is 7.37. The van der Waals surface area contributed by atoms with Crippen LogP contribution in [-0.4, -0.2) is 35.1 Å². The van der Waals surface area contributed by atoms with E-state index >= 15 is 0 Å². The minimum atomic E-state index is 0.116. The molecule has 2 rings (SSSR count). The van der Waals surface area contributed by atoms with E-state index in [1.807, 2.05) is 12.4 Å². The van der Waals surface area contributed by atoms with Gasteiger partial charge in [-0.3, -0.25) is 9.88 Å². The second-order valence-corrected chi connectivity index (χ2v) is 6.88. The summed E-state index contributed by atoms with van der Waals surface area (Å²) in [6.45, 7) is 12.6. The van der Waals surface area contributed by atoms with E-state index in [9.17, 15) is 0 Å². The fourth-order valence-electron chi connectivity index (χ4n) is 3.45. The van der Waals surface area contributed by atoms with Crippen LogP contribution in [0.2, 0.25) is 0 Å². The number of nitrogens with zero attached hydrogens (tertiary/aromatic N) is 2. The van der Waals surface area contributed by atoms with Gasteiger partial charge in [-0.1, -0.05) is 19.4 Å². The zero-order valence-electron chi connectivity index (χ0n) is 14.2. The largest absolute Gasteiger partial charge is 0.308 e. The second-order valence-electron chi connectivity index (χ2n) is 6.88. The predicted octanol–water partition coefficient (Wildman–Crippen LogP) is 3.70. The lowest BCUT2D eigenvalue weighted by atomic mass is 9.85. The molecular weight excluding hydrogens is 258 g/mol. The van der Waals surface area contributed by atoms with Gasteiger partial charge in [0.2, 0.25) is 0 Å². The zero-order chi connectivity index (χ0) is 15.3. The lowest BCUT2D eigenvalue weighted by Crippen LogP contribution is -2.54. The minimum absolute atomic E-state index is 0.116. The summed E-state index contributed by atoms with van der Waals surface area (Å²) >= 11 is 0. The molecule has 0 spiro atoms. The van der Waals surface area contributed by atoms with Crippen LogP contribution in [0.1, 0.15) is 63.6 Å². The van der Waals surface area contributed by atoms with Crippen molar-refractivity contribution in [1.29, 1.82) is 0 Å². The van der Waals surface area contributed by atoms with E-state index in [1.165, 1.54) is 43.5 Å². The molecule has 2 heterocycles. The molecule has 0 aliphatic carbocycles. The molecule has 3 nitrogen and oxygen atoms in total. The van der Waals surface area contributed by atoms with Gasteiger partial charge in [0.1, 0.15) is 0 Å². The number of pyridine rings is 1. The molecule has 1 aromatic rings. The van der Waals surface area contributed by atoms with Crippen LogP contribution < -0.4 is 5.32 Å². The number of nitrogens with one attached hydrogen (secondary N) is 1. The van der Waals surface area contributed by atoms with E-state index in [2.05, 4.69) is 49.0 Å². The van der Waals surface area contributed by atoms with Gasteiger partial charge in [0.25, 0.3) is 0 Å². The average Bonchev–Trinajstić information content (AvgIpc) is 2.48. The van der Waals surface area contributed by atoms with Crippen molar-refractivity contribution in [3.05, 3.63) is 29.6 Å². The maximum absolute atomic E-state index is 4.41. The van der Waals surface area contributed by atoms with Crippen LogP contribution in [0.3, 0.4) is 0 Å². The van der Waals surface area contributed by atoms with E-state index in [-0.39, 0.29) is 5.54 Å². The van der Waals surface area contributed by atoms with Crippen molar-refractivity contribution >= 4 is 0 Å². The summed E-state index contributed by atoms with van der Waals surface area (Å²) in [5.41, 5.74) is 2.68. The number of aryl methyl sites for hydroxylation is 1. The van der Waals surface area contributed by atoms with Gasteiger partial charge in [0.05, 0.1) is 6.04 Å². The van der Waals surface area contributed by atoms with Crippen LogP contribution in [0.25, 0.3) is 0 Å². The molecule has 1 saturated heterocycles. The summed E-state index contributed by atoms with van der Waals surface area (Å²) in [7, 11) is 0. The number of aromatic nitrogens is 1. The Morgan fingerprint density at radius 2 is 1.95 bits per heavy atom. The molecule has 118 valence electrons. The predicted molar refractivity (Wildman–Crippen MR) is 89.5 cm³/mol. The minimum Gasteiger partial charge on any atom is -0.308 e. The van der Waals surface area contributed by atoms with Gasteiger partial charge < -0.3 is 5.32 Å². The molecule has 1 aliphatic rings. The van der Waals surface area contributed by atoms with Crippen molar-refractivity contribution in [2.24, 2.45) is 0 Å². The molecule has 1 aromatic heterocycles. The molecule has 3 heteroatoms. The summed E-state index contributed by atoms with van der Waals surface area (Å²) in [5.74, 6) is 0. The lowest BCUT2D eigenvalue weighted by Gasteiger charge is -2.46. The smallest absolute Gasteiger partial charge is 0.0517 e. The highest BCUT2D eigenvalue weighted by Crippen LogP contribution is 2.33. The SMILES string of the molecule is CCCNC(c1cncc(C)c1)C(C)(C)N1CCCCC1. The highest BCUT2D eigenvalue weighted by Gasteiger charge is 2.36. The molecule has 0 bridgehead atoms. The molecule has 1 fully saturated rings. The van der Waals surface area contributed by atoms with Crippen LogP contribution in [0.5, 0.6) is 0 Å². The van der Waals surface area contributed by atoms with Crippen LogP contribution in [0, 0.1) is 6.92 Å². The van der Waals surface area contributed by atoms with Crippen molar-refractivity contribution in [3.8, 4) is 0 Å². The topological polar surface area (TPSA) is 28.2 Å². The third kappa shape index (κ3) is 4.04. The summed E-state index contributed by atoms with van der Waals surface area (Å²) < 4.78 is 0. The Labute approximate surface area is 130 Å². The summed E-state index contributed by atoms with van der Waals surface area (Å²) in [5, 5.41) is 3.77. The van der Waals surface area contributed by atoms with E-state index in [4.69, 9.17) is 0 Å². The third-order valence-corrected chi connectivity index (χ3v) is 4.71. The van der Waals surface area contributed by atoms with Gasteiger partial charge in [-0.25, -0.2) is 0 Å². The number of hydrogen-bond acceptors (Lipinski definition) is 3. The van der Waals surface area contributed by atoms with Gasteiger partial charge in [-0.2, -0.15) is 0 Å². The standard InChI is InChI=1S/C18H31N3/c1-5-9-20-17(16-12-15(2)13-19-14-16)18(3,4)21-10-7-6-8-11-21/h12-14,17,20H,5-11H2,1-4H3. The van der Waals surface area contributed by atoms with Gasteiger partial charge >= 0.3 is 0 Å². The molecule has 1 unspecified atom stereocenters. The van der Waals surface area contributed by atoms with E-state index in [0.717, 1.165) is 13.0 Å². The quantitative estimate of drug-likeness (QED) is 0.865. The van der Waals surface area contributed by atoms with Gasteiger partial charge in [-0.15, -0.1) is 0 Å². The summed E-state index contributed by atoms with van der Waals surface area (Å²) in [6.07, 6.45) is 9.17. The van der Waals surface area contributed by atoms with E-state index in [0.29, 0.717) is 6.04 Å². The van der Waals surface area contributed by atoms with Crippen LogP contribution in [0.4, 0.5) is 0 Å². The van der Waals surface area contributed by atoms with Crippen molar-refractivity contribution < 1.29 is 0 Å². The number of rotatable bonds is 6. The van der Waals surface area contributed by atoms with Crippen LogP contribution >= 0.6 is 0 Å². The highest BCUT2D eigenvalue weighted by atomic mass is 15.2. The number of likely N-dealkylation sites (tertiary alicyclic amines) is 1. The Hall–Kier alpha value is -0.930. The first-order valence-electron chi connectivity index (χ1n) is 8.45. The van der Waals surface area contributed by atoms with Crippen LogP contribution in [0.15, 0.2) is 18.5 Å². The maximum Gasteiger partial charge on any atom is 0.0517 e. The monoisotopic (exact) mass is 289 g/mol. The molecule has 1 aliphatic heterocycles. The molecule has 0 amide bonds. The zero-order valence-corrected chi connectivity index (χ0v) is 14.2. The van der Waals surface area contributed by atoms with Crippen molar-refractivity contribution in [3.63, 3.8) is 0 Å². The first kappa shape index (κ1) is 16.4. The summed E-state index contributed by atoms with van der Waals surface area (Å²) in [4.78, 5) is 7.07. The van der Waals surface area contributed by atoms with Gasteiger partial charge in [0, 0.05) is 17.9 Å². The summed E-state index contributed by atoms with van der Waals surface area (Å²) in [6, 6.07) is 2.62. The maximum atomic E-state index is 4.41. The van der Waals surface area contributed by atoms with Gasteiger partial charge in [0.15, 0.2) is 0 Å². The number of piperidine rings is 1. The molecule has 21 heavy (non-hydrogen) atoms. The normalized spacial score (nSPS) is 18.7. The highest BCUT2D eigenvalue weighted by molar-refractivity contribution is 5.23.